The van der Waals surface area contributed by atoms with Gasteiger partial charge in [0.1, 0.15) is 39.2 Å². The van der Waals surface area contributed by atoms with Crippen LogP contribution in [0.25, 0.3) is 33.7 Å². The lowest BCUT2D eigenvalue weighted by Crippen LogP contribution is -2.55. The molecule has 28 heavy (non-hydrogen) atoms. The lowest BCUT2D eigenvalue weighted by atomic mass is 9.60. The summed E-state index contributed by atoms with van der Waals surface area (Å²) >= 11 is 3.42. The van der Waals surface area contributed by atoms with Gasteiger partial charge in [-0.3, -0.25) is 0 Å². The van der Waals surface area contributed by atoms with Gasteiger partial charge in [-0.2, -0.15) is 0 Å². The van der Waals surface area contributed by atoms with Crippen LogP contribution in [0.4, 0.5) is 0 Å². The summed E-state index contributed by atoms with van der Waals surface area (Å²) in [7, 11) is 30.5. The predicted molar refractivity (Wildman–Crippen MR) is 123 cm³/mol. The zero-order valence-corrected chi connectivity index (χ0v) is 16.2. The quantitative estimate of drug-likeness (QED) is 0.401. The average Bonchev–Trinajstić information content (AvgIpc) is 2.71. The normalized spacial score (nSPS) is 11.0. The standard InChI is InChI=1S/C19H7B5BrN3/c20-12-11(13(21)15(23)16(24)14(12)22)17-10-2-1-7-26-19(10)28-18(27-17)8-3-5-9(25)6-4-8/h1-7H. The van der Waals surface area contributed by atoms with Crippen LogP contribution in [0.3, 0.4) is 0 Å². The van der Waals surface area contributed by atoms with Crippen molar-refractivity contribution in [3.05, 3.63) is 47.1 Å². The molecule has 0 fully saturated rings. The third kappa shape index (κ3) is 3.12. The fourth-order valence-corrected chi connectivity index (χ4v) is 3.25. The van der Waals surface area contributed by atoms with Crippen LogP contribution in [0.5, 0.6) is 0 Å². The monoisotopic (exact) mass is 411 g/mol. The number of halogens is 1. The molecule has 0 spiro atoms. The molecule has 10 radical (unpaired) electrons. The molecule has 0 unspecified atom stereocenters. The minimum Gasteiger partial charge on any atom is -0.236 e. The van der Waals surface area contributed by atoms with Crippen molar-refractivity contribution in [2.75, 3.05) is 0 Å². The van der Waals surface area contributed by atoms with E-state index in [1.54, 1.807) is 12.3 Å². The van der Waals surface area contributed by atoms with Gasteiger partial charge in [-0.05, 0) is 29.8 Å². The second-order valence-electron chi connectivity index (χ2n) is 6.22. The number of benzene rings is 2. The summed E-state index contributed by atoms with van der Waals surface area (Å²) in [6, 6.07) is 11.2. The van der Waals surface area contributed by atoms with Crippen molar-refractivity contribution < 1.29 is 0 Å². The first-order chi connectivity index (χ1) is 13.4. The minimum absolute atomic E-state index is 0.156. The summed E-state index contributed by atoms with van der Waals surface area (Å²) in [5.74, 6) is 0.474. The molecule has 2 heterocycles. The van der Waals surface area contributed by atoms with Gasteiger partial charge in [-0.1, -0.05) is 39.0 Å². The zero-order chi connectivity index (χ0) is 20.0. The van der Waals surface area contributed by atoms with Gasteiger partial charge in [0.15, 0.2) is 11.5 Å². The molecule has 0 saturated carbocycles. The van der Waals surface area contributed by atoms with Crippen LogP contribution in [0, 0.1) is 0 Å². The number of aromatic nitrogens is 3. The number of rotatable bonds is 2. The van der Waals surface area contributed by atoms with Crippen LogP contribution < -0.4 is 27.3 Å². The Morgan fingerprint density at radius 2 is 1.32 bits per heavy atom. The van der Waals surface area contributed by atoms with Crippen molar-refractivity contribution in [1.82, 2.24) is 15.0 Å². The Morgan fingerprint density at radius 1 is 0.714 bits per heavy atom. The molecule has 0 aliphatic carbocycles. The Labute approximate surface area is 178 Å². The minimum atomic E-state index is 0.156. The molecule has 0 N–H and O–H groups in total. The molecule has 0 bridgehead atoms. The van der Waals surface area contributed by atoms with Crippen LogP contribution in [0.1, 0.15) is 0 Å². The maximum atomic E-state index is 6.26. The molecule has 4 rings (SSSR count). The van der Waals surface area contributed by atoms with Gasteiger partial charge in [0, 0.05) is 21.6 Å². The number of nitrogens with zero attached hydrogens (tertiary/aromatic N) is 3. The first-order valence-corrected chi connectivity index (χ1v) is 9.08. The Balaban J connectivity index is 2.09. The topological polar surface area (TPSA) is 38.7 Å². The first-order valence-electron chi connectivity index (χ1n) is 8.29. The fourth-order valence-electron chi connectivity index (χ4n) is 2.99. The maximum absolute atomic E-state index is 6.26. The number of hydrogen-bond donors (Lipinski definition) is 0. The molecule has 0 aliphatic rings. The van der Waals surface area contributed by atoms with E-state index >= 15 is 0 Å². The van der Waals surface area contributed by atoms with E-state index in [1.807, 2.05) is 30.3 Å². The van der Waals surface area contributed by atoms with E-state index < -0.39 is 0 Å². The molecule has 9 heteroatoms. The van der Waals surface area contributed by atoms with Gasteiger partial charge in [-0.25, -0.2) is 15.0 Å². The Kier molecular flexibility index (Phi) is 4.96. The van der Waals surface area contributed by atoms with E-state index in [0.29, 0.717) is 28.1 Å². The van der Waals surface area contributed by atoms with Crippen molar-refractivity contribution in [1.29, 1.82) is 0 Å². The summed E-state index contributed by atoms with van der Waals surface area (Å²) in [5, 5.41) is 0.672. The lowest BCUT2D eigenvalue weighted by Gasteiger charge is -2.21. The van der Waals surface area contributed by atoms with E-state index in [2.05, 4.69) is 25.9 Å². The lowest BCUT2D eigenvalue weighted by molar-refractivity contribution is 1.19. The highest BCUT2D eigenvalue weighted by Gasteiger charge is 2.18. The van der Waals surface area contributed by atoms with Crippen LogP contribution in [0.2, 0.25) is 0 Å². The van der Waals surface area contributed by atoms with Crippen LogP contribution >= 0.6 is 15.9 Å². The Bertz CT molecular complexity index is 1200. The van der Waals surface area contributed by atoms with Crippen LogP contribution in [-0.2, 0) is 0 Å². The van der Waals surface area contributed by atoms with Gasteiger partial charge in [0.25, 0.3) is 0 Å². The Morgan fingerprint density at radius 3 is 1.96 bits per heavy atom. The molecule has 0 aliphatic heterocycles. The summed E-state index contributed by atoms with van der Waals surface area (Å²) in [6.07, 6.45) is 1.66. The number of fused-ring (bicyclic) bond motifs is 1. The molecule has 2 aromatic carbocycles. The first kappa shape index (κ1) is 19.1. The third-order valence-corrected chi connectivity index (χ3v) is 5.04. The molecule has 0 saturated heterocycles. The SMILES string of the molecule is [B]c1c([B])c([B])c(-c2nc(-c3ccc(Br)cc3)nc3ncccc23)c([B])c1[B]. The van der Waals surface area contributed by atoms with Gasteiger partial charge < -0.3 is 0 Å². The highest BCUT2D eigenvalue weighted by molar-refractivity contribution is 9.10. The molecule has 3 nitrogen and oxygen atoms in total. The smallest absolute Gasteiger partial charge is 0.163 e. The molecular weight excluding hydrogens is 404 g/mol. The van der Waals surface area contributed by atoms with Crippen LogP contribution in [-0.4, -0.2) is 54.2 Å². The molecular formula is C19H7B5BrN3. The maximum Gasteiger partial charge on any atom is 0.163 e. The summed E-state index contributed by atoms with van der Waals surface area (Å²) in [5.41, 5.74) is 3.15. The van der Waals surface area contributed by atoms with Gasteiger partial charge >= 0.3 is 0 Å². The van der Waals surface area contributed by atoms with Crippen molar-refractivity contribution in [2.24, 2.45) is 0 Å². The van der Waals surface area contributed by atoms with Crippen molar-refractivity contribution in [2.45, 2.75) is 0 Å². The van der Waals surface area contributed by atoms with Crippen molar-refractivity contribution in [3.63, 3.8) is 0 Å². The highest BCUT2D eigenvalue weighted by Crippen LogP contribution is 2.26. The average molecular weight is 411 g/mol. The van der Waals surface area contributed by atoms with E-state index in [9.17, 15) is 0 Å². The summed E-state index contributed by atoms with van der Waals surface area (Å²) in [4.78, 5) is 13.7. The molecule has 0 atom stereocenters. The number of hydrogen-bond acceptors (Lipinski definition) is 3. The van der Waals surface area contributed by atoms with Gasteiger partial charge in [0.05, 0.1) is 5.69 Å². The highest BCUT2D eigenvalue weighted by atomic mass is 79.9. The second kappa shape index (κ2) is 7.28. The molecule has 4 aromatic rings. The number of pyridine rings is 1. The second-order valence-corrected chi connectivity index (χ2v) is 7.14. The molecule has 2 aromatic heterocycles. The van der Waals surface area contributed by atoms with E-state index in [0.717, 1.165) is 10.0 Å². The van der Waals surface area contributed by atoms with E-state index in [1.165, 1.54) is 0 Å². The van der Waals surface area contributed by atoms with E-state index in [4.69, 9.17) is 44.2 Å². The van der Waals surface area contributed by atoms with Gasteiger partial charge in [0.2, 0.25) is 0 Å². The summed E-state index contributed by atoms with van der Waals surface area (Å²) < 4.78 is 0.947. The molecule has 0 amide bonds. The van der Waals surface area contributed by atoms with Crippen molar-refractivity contribution in [3.8, 4) is 22.6 Å². The summed E-state index contributed by atoms with van der Waals surface area (Å²) in [6.45, 7) is 0. The molecule has 120 valence electrons. The van der Waals surface area contributed by atoms with Gasteiger partial charge in [-0.15, -0.1) is 16.4 Å². The Hall–Kier alpha value is -2.27. The van der Waals surface area contributed by atoms with Crippen molar-refractivity contribution >= 4 is 93.5 Å². The zero-order valence-electron chi connectivity index (χ0n) is 14.6. The third-order valence-electron chi connectivity index (χ3n) is 4.51. The predicted octanol–water partition coefficient (Wildman–Crippen LogP) is -0.910. The largest absolute Gasteiger partial charge is 0.236 e. The van der Waals surface area contributed by atoms with Crippen LogP contribution in [0.15, 0.2) is 47.1 Å². The van der Waals surface area contributed by atoms with E-state index in [-0.39, 0.29) is 27.3 Å². The fraction of sp³-hybridized carbons (Fsp3) is 0.